The minimum absolute atomic E-state index is 0.497. The molecule has 1 saturated carbocycles. The van der Waals surface area contributed by atoms with Crippen molar-refractivity contribution >= 4 is 23.4 Å². The first-order chi connectivity index (χ1) is 10.2. The molecule has 2 fully saturated rings. The Bertz CT molecular complexity index is 720. The summed E-state index contributed by atoms with van der Waals surface area (Å²) < 4.78 is 5.18. The standard InChI is InChI=1S/C15H23N5S/c1-3-4-12-13-14(18(2)17-12)20(15(21)16-13)11-7-8-19(9-11)10-5-6-10/h10-11H,3-9H2,1-2H3,(H,16,21). The second-order valence-corrected chi connectivity index (χ2v) is 6.87. The molecule has 1 unspecified atom stereocenters. The van der Waals surface area contributed by atoms with Crippen molar-refractivity contribution in [3.8, 4) is 0 Å². The Morgan fingerprint density at radius 3 is 2.81 bits per heavy atom. The fourth-order valence-electron chi connectivity index (χ4n) is 3.74. The number of nitrogens with zero attached hydrogens (tertiary/aromatic N) is 4. The van der Waals surface area contributed by atoms with Gasteiger partial charge in [-0.3, -0.25) is 14.1 Å². The number of hydrogen-bond donors (Lipinski definition) is 1. The number of aromatic nitrogens is 4. The summed E-state index contributed by atoms with van der Waals surface area (Å²) in [5.74, 6) is 0. The Labute approximate surface area is 129 Å². The summed E-state index contributed by atoms with van der Waals surface area (Å²) in [6, 6.07) is 1.34. The van der Waals surface area contributed by atoms with E-state index in [4.69, 9.17) is 12.2 Å². The maximum Gasteiger partial charge on any atom is 0.179 e. The highest BCUT2D eigenvalue weighted by Gasteiger charge is 2.36. The molecule has 5 nitrogen and oxygen atoms in total. The third-order valence-corrected chi connectivity index (χ3v) is 5.18. The topological polar surface area (TPSA) is 41.8 Å². The Kier molecular flexibility index (Phi) is 3.19. The Hall–Kier alpha value is -1.14. The summed E-state index contributed by atoms with van der Waals surface area (Å²) in [6.07, 6.45) is 6.08. The van der Waals surface area contributed by atoms with Crippen LogP contribution in [0.1, 0.15) is 44.3 Å². The van der Waals surface area contributed by atoms with Crippen LogP contribution in [0, 0.1) is 4.77 Å². The predicted octanol–water partition coefficient (Wildman–Crippen LogP) is 2.79. The molecule has 0 bridgehead atoms. The van der Waals surface area contributed by atoms with Crippen molar-refractivity contribution in [3.05, 3.63) is 10.5 Å². The molecule has 3 heterocycles. The third-order valence-electron chi connectivity index (χ3n) is 4.88. The first-order valence-corrected chi connectivity index (χ1v) is 8.50. The smallest absolute Gasteiger partial charge is 0.179 e. The molecular weight excluding hydrogens is 282 g/mol. The van der Waals surface area contributed by atoms with Gasteiger partial charge in [0.05, 0.1) is 11.7 Å². The van der Waals surface area contributed by atoms with Crippen LogP contribution in [-0.2, 0) is 13.5 Å². The molecule has 2 aliphatic rings. The number of likely N-dealkylation sites (tertiary alicyclic amines) is 1. The second-order valence-electron chi connectivity index (χ2n) is 6.49. The molecule has 114 valence electrons. The Morgan fingerprint density at radius 1 is 1.29 bits per heavy atom. The van der Waals surface area contributed by atoms with Crippen molar-refractivity contribution in [2.24, 2.45) is 7.05 Å². The average molecular weight is 305 g/mol. The quantitative estimate of drug-likeness (QED) is 0.883. The van der Waals surface area contributed by atoms with Gasteiger partial charge < -0.3 is 4.98 Å². The van der Waals surface area contributed by atoms with Crippen LogP contribution in [0.2, 0.25) is 0 Å². The van der Waals surface area contributed by atoms with E-state index in [1.807, 2.05) is 11.7 Å². The molecule has 4 rings (SSSR count). The first kappa shape index (κ1) is 13.5. The molecule has 21 heavy (non-hydrogen) atoms. The predicted molar refractivity (Wildman–Crippen MR) is 86.1 cm³/mol. The molecule has 1 saturated heterocycles. The molecule has 1 atom stereocenters. The number of aromatic amines is 1. The molecule has 0 amide bonds. The number of imidazole rings is 1. The largest absolute Gasteiger partial charge is 0.328 e. The van der Waals surface area contributed by atoms with Crippen LogP contribution < -0.4 is 0 Å². The van der Waals surface area contributed by atoms with Gasteiger partial charge >= 0.3 is 0 Å². The van der Waals surface area contributed by atoms with Crippen LogP contribution in [0.3, 0.4) is 0 Å². The summed E-state index contributed by atoms with van der Waals surface area (Å²) in [4.78, 5) is 6.05. The van der Waals surface area contributed by atoms with E-state index in [-0.39, 0.29) is 0 Å². The van der Waals surface area contributed by atoms with E-state index in [0.29, 0.717) is 6.04 Å². The van der Waals surface area contributed by atoms with Gasteiger partial charge in [0.15, 0.2) is 10.4 Å². The van der Waals surface area contributed by atoms with Crippen molar-refractivity contribution < 1.29 is 0 Å². The summed E-state index contributed by atoms with van der Waals surface area (Å²) in [5.41, 5.74) is 3.47. The highest BCUT2D eigenvalue weighted by molar-refractivity contribution is 7.71. The van der Waals surface area contributed by atoms with Crippen molar-refractivity contribution in [2.75, 3.05) is 13.1 Å². The number of nitrogens with one attached hydrogen (secondary N) is 1. The molecule has 0 aromatic carbocycles. The number of H-pyrrole nitrogens is 1. The van der Waals surface area contributed by atoms with E-state index < -0.39 is 0 Å². The van der Waals surface area contributed by atoms with E-state index in [9.17, 15) is 0 Å². The minimum atomic E-state index is 0.497. The number of rotatable bonds is 4. The lowest BCUT2D eigenvalue weighted by Gasteiger charge is -2.16. The minimum Gasteiger partial charge on any atom is -0.328 e. The molecular formula is C15H23N5S. The highest BCUT2D eigenvalue weighted by Crippen LogP contribution is 2.35. The molecule has 1 aliphatic heterocycles. The summed E-state index contributed by atoms with van der Waals surface area (Å²) >= 11 is 5.61. The SMILES string of the molecule is CCCc1nn(C)c2c1[nH]c(=S)n2C1CCN(C2CC2)C1. The van der Waals surface area contributed by atoms with Gasteiger partial charge in [0, 0.05) is 26.2 Å². The zero-order chi connectivity index (χ0) is 14.6. The number of aryl methyl sites for hydroxylation is 2. The molecule has 2 aromatic heterocycles. The molecule has 0 spiro atoms. The van der Waals surface area contributed by atoms with Crippen LogP contribution in [0.25, 0.3) is 11.2 Å². The van der Waals surface area contributed by atoms with Crippen molar-refractivity contribution in [1.29, 1.82) is 0 Å². The van der Waals surface area contributed by atoms with Crippen molar-refractivity contribution in [3.63, 3.8) is 0 Å². The molecule has 0 radical (unpaired) electrons. The normalized spacial score (nSPS) is 23.4. The summed E-state index contributed by atoms with van der Waals surface area (Å²) in [7, 11) is 2.04. The van der Waals surface area contributed by atoms with Gasteiger partial charge in [0.25, 0.3) is 0 Å². The lowest BCUT2D eigenvalue weighted by atomic mass is 10.2. The van der Waals surface area contributed by atoms with Crippen molar-refractivity contribution in [2.45, 2.75) is 51.1 Å². The van der Waals surface area contributed by atoms with Crippen LogP contribution in [0.15, 0.2) is 0 Å². The maximum atomic E-state index is 5.61. The average Bonchev–Trinajstić information content (AvgIpc) is 2.98. The van der Waals surface area contributed by atoms with E-state index in [1.54, 1.807) is 0 Å². The Morgan fingerprint density at radius 2 is 2.10 bits per heavy atom. The van der Waals surface area contributed by atoms with Crippen LogP contribution in [-0.4, -0.2) is 43.4 Å². The molecule has 1 aliphatic carbocycles. The number of fused-ring (bicyclic) bond motifs is 1. The van der Waals surface area contributed by atoms with Crippen molar-refractivity contribution in [1.82, 2.24) is 24.2 Å². The van der Waals surface area contributed by atoms with Gasteiger partial charge in [-0.25, -0.2) is 0 Å². The summed E-state index contributed by atoms with van der Waals surface area (Å²) in [5, 5.41) is 4.68. The van der Waals surface area contributed by atoms with Crippen LogP contribution >= 0.6 is 12.2 Å². The Balaban J connectivity index is 1.74. The fraction of sp³-hybridized carbons (Fsp3) is 0.733. The summed E-state index contributed by atoms with van der Waals surface area (Å²) in [6.45, 7) is 4.54. The van der Waals surface area contributed by atoms with Crippen LogP contribution in [0.5, 0.6) is 0 Å². The van der Waals surface area contributed by atoms with Gasteiger partial charge in [-0.2, -0.15) is 5.10 Å². The number of hydrogen-bond acceptors (Lipinski definition) is 3. The lowest BCUT2D eigenvalue weighted by molar-refractivity contribution is 0.314. The zero-order valence-electron chi connectivity index (χ0n) is 12.8. The van der Waals surface area contributed by atoms with E-state index in [0.717, 1.165) is 41.4 Å². The van der Waals surface area contributed by atoms with Gasteiger partial charge in [0.1, 0.15) is 5.52 Å². The van der Waals surface area contributed by atoms with Gasteiger partial charge in [0.2, 0.25) is 0 Å². The molecule has 2 aromatic rings. The van der Waals surface area contributed by atoms with Gasteiger partial charge in [-0.1, -0.05) is 13.3 Å². The first-order valence-electron chi connectivity index (χ1n) is 8.09. The molecule has 1 N–H and O–H groups in total. The highest BCUT2D eigenvalue weighted by atomic mass is 32.1. The molecule has 6 heteroatoms. The second kappa shape index (κ2) is 4.95. The lowest BCUT2D eigenvalue weighted by Crippen LogP contribution is -2.24. The fourth-order valence-corrected chi connectivity index (χ4v) is 4.08. The third kappa shape index (κ3) is 2.16. The zero-order valence-corrected chi connectivity index (χ0v) is 13.6. The van der Waals surface area contributed by atoms with E-state index in [1.165, 1.54) is 31.5 Å². The van der Waals surface area contributed by atoms with Crippen LogP contribution in [0.4, 0.5) is 0 Å². The van der Waals surface area contributed by atoms with E-state index >= 15 is 0 Å². The monoisotopic (exact) mass is 305 g/mol. The van der Waals surface area contributed by atoms with E-state index in [2.05, 4.69) is 26.5 Å². The van der Waals surface area contributed by atoms with Gasteiger partial charge in [-0.05, 0) is 37.9 Å². The maximum absolute atomic E-state index is 5.61. The van der Waals surface area contributed by atoms with Gasteiger partial charge in [-0.15, -0.1) is 0 Å².